The Balaban J connectivity index is 0. The van der Waals surface area contributed by atoms with Gasteiger partial charge in [0.05, 0.1) is 0 Å². The molecule has 1 aromatic rings. The van der Waals surface area contributed by atoms with Gasteiger partial charge in [0.25, 0.3) is 0 Å². The van der Waals surface area contributed by atoms with Crippen LogP contribution in [0.3, 0.4) is 0 Å². The average Bonchev–Trinajstić information content (AvgIpc) is 2.13. The third kappa shape index (κ3) is 4.12. The topological polar surface area (TPSA) is 0 Å². The van der Waals surface area contributed by atoms with E-state index in [1.807, 2.05) is 26.0 Å². The van der Waals surface area contributed by atoms with Gasteiger partial charge in [-0.1, -0.05) is 39.3 Å². The molecular formula is C11H19F. The summed E-state index contributed by atoms with van der Waals surface area (Å²) >= 11 is 0. The Kier molecular flexibility index (Phi) is 6.35. The first-order valence-electron chi connectivity index (χ1n) is 4.57. The van der Waals surface area contributed by atoms with Crippen LogP contribution in [-0.4, -0.2) is 0 Å². The van der Waals surface area contributed by atoms with Crippen LogP contribution in [0, 0.1) is 5.82 Å². The van der Waals surface area contributed by atoms with E-state index in [-0.39, 0.29) is 7.24 Å². The van der Waals surface area contributed by atoms with E-state index in [1.54, 1.807) is 0 Å². The van der Waals surface area contributed by atoms with Gasteiger partial charge in [0, 0.05) is 1.43 Å². The number of hydrogen-bond donors (Lipinski definition) is 0. The van der Waals surface area contributed by atoms with Crippen molar-refractivity contribution in [2.75, 3.05) is 0 Å². The van der Waals surface area contributed by atoms with Crippen molar-refractivity contribution in [2.24, 2.45) is 0 Å². The van der Waals surface area contributed by atoms with Crippen molar-refractivity contribution in [3.8, 4) is 0 Å². The van der Waals surface area contributed by atoms with Crippen molar-refractivity contribution < 1.29 is 5.82 Å². The van der Waals surface area contributed by atoms with Gasteiger partial charge >= 0.3 is 0 Å². The number of halogens is 1. The predicted octanol–water partition coefficient (Wildman–Crippen LogP) is 4.05. The molecule has 0 aromatic heterocycles. The molecule has 0 spiro atoms. The molecule has 0 radical (unpaired) electrons. The summed E-state index contributed by atoms with van der Waals surface area (Å²) < 4.78 is 12.3. The summed E-state index contributed by atoms with van der Waals surface area (Å²) in [6.07, 6.45) is 2.16. The van der Waals surface area contributed by atoms with Crippen molar-refractivity contribution in [3.63, 3.8) is 0 Å². The fraction of sp³-hybridized carbons (Fsp3) is 0.455. The molecule has 0 atom stereocenters. The Morgan fingerprint density at radius 2 is 1.67 bits per heavy atom. The molecule has 1 aromatic carbocycles. The highest BCUT2D eigenvalue weighted by Crippen LogP contribution is 2.04. The van der Waals surface area contributed by atoms with Crippen molar-refractivity contribution in [1.82, 2.24) is 0 Å². The van der Waals surface area contributed by atoms with Gasteiger partial charge in [0.2, 0.25) is 0 Å². The number of hydrogen-bond acceptors (Lipinski definition) is 0. The van der Waals surface area contributed by atoms with Crippen molar-refractivity contribution in [1.29, 1.82) is 0 Å². The van der Waals surface area contributed by atoms with E-state index in [1.165, 1.54) is 17.7 Å². The largest absolute Gasteiger partial charge is 0.207 e. The number of aryl methyl sites for hydroxylation is 1. The normalized spacial score (nSPS) is 8.67. The van der Waals surface area contributed by atoms with Crippen LogP contribution < -0.4 is 0 Å². The molecule has 0 heterocycles. The third-order valence-corrected chi connectivity index (χ3v) is 1.45. The second kappa shape index (κ2) is 6.84. The van der Waals surface area contributed by atoms with E-state index < -0.39 is 0 Å². The summed E-state index contributed by atoms with van der Waals surface area (Å²) in [5, 5.41) is 0. The Labute approximate surface area is 75.9 Å². The Bertz CT molecular complexity index is 194. The zero-order valence-electron chi connectivity index (χ0n) is 8.10. The molecule has 0 unspecified atom stereocenters. The second-order valence-corrected chi connectivity index (χ2v) is 2.38. The summed E-state index contributed by atoms with van der Waals surface area (Å²) in [6.45, 7) is 6.11. The smallest absolute Gasteiger partial charge is 0.123 e. The van der Waals surface area contributed by atoms with Gasteiger partial charge in [0.15, 0.2) is 0 Å². The molecule has 0 saturated heterocycles. The maximum atomic E-state index is 12.3. The van der Waals surface area contributed by atoms with Crippen LogP contribution in [0.1, 0.15) is 34.2 Å². The molecule has 0 bridgehead atoms. The molecule has 0 aliphatic rings. The van der Waals surface area contributed by atoms with Crippen molar-refractivity contribution in [2.45, 2.75) is 33.6 Å². The molecule has 12 heavy (non-hydrogen) atoms. The minimum absolute atomic E-state index is 0. The zero-order chi connectivity index (χ0) is 9.40. The standard InChI is InChI=1S/C9H11F.C2H6.H2/c1-2-3-8-4-6-9(10)7-5-8;1-2;/h4-7H,2-3H2,1H3;1-2H3;1H. The second-order valence-electron chi connectivity index (χ2n) is 2.38. The molecule has 0 saturated carbocycles. The van der Waals surface area contributed by atoms with E-state index in [4.69, 9.17) is 0 Å². The Hall–Kier alpha value is -0.850. The molecule has 1 heteroatoms. The fourth-order valence-electron chi connectivity index (χ4n) is 0.940. The van der Waals surface area contributed by atoms with Crippen molar-refractivity contribution >= 4 is 0 Å². The summed E-state index contributed by atoms with van der Waals surface area (Å²) in [6, 6.07) is 6.67. The maximum absolute atomic E-state index is 12.3. The average molecular weight is 170 g/mol. The van der Waals surface area contributed by atoms with Gasteiger partial charge in [-0.3, -0.25) is 0 Å². The highest BCUT2D eigenvalue weighted by atomic mass is 19.1. The van der Waals surface area contributed by atoms with Crippen molar-refractivity contribution in [3.05, 3.63) is 35.6 Å². The van der Waals surface area contributed by atoms with Gasteiger partial charge < -0.3 is 0 Å². The monoisotopic (exact) mass is 170 g/mol. The lowest BCUT2D eigenvalue weighted by Crippen LogP contribution is -1.81. The first-order chi connectivity index (χ1) is 5.83. The van der Waals surface area contributed by atoms with Crippen LogP contribution in [0.4, 0.5) is 4.39 Å². The summed E-state index contributed by atoms with van der Waals surface area (Å²) in [7, 11) is 0. The molecule has 0 aliphatic heterocycles. The summed E-state index contributed by atoms with van der Waals surface area (Å²) in [4.78, 5) is 0. The van der Waals surface area contributed by atoms with E-state index in [0.29, 0.717) is 0 Å². The summed E-state index contributed by atoms with van der Waals surface area (Å²) in [5.41, 5.74) is 1.21. The van der Waals surface area contributed by atoms with Gasteiger partial charge in [-0.2, -0.15) is 0 Å². The van der Waals surface area contributed by atoms with Gasteiger partial charge in [-0.15, -0.1) is 0 Å². The van der Waals surface area contributed by atoms with Crippen LogP contribution >= 0.6 is 0 Å². The predicted molar refractivity (Wildman–Crippen MR) is 53.9 cm³/mol. The number of rotatable bonds is 2. The lowest BCUT2D eigenvalue weighted by molar-refractivity contribution is 0.627. The van der Waals surface area contributed by atoms with E-state index in [2.05, 4.69) is 6.92 Å². The molecular weight excluding hydrogens is 151 g/mol. The third-order valence-electron chi connectivity index (χ3n) is 1.45. The van der Waals surface area contributed by atoms with Crippen LogP contribution in [0.15, 0.2) is 24.3 Å². The highest BCUT2D eigenvalue weighted by Gasteiger charge is 1.90. The SMILES string of the molecule is CC.CCCc1ccc(F)cc1.[HH]. The summed E-state index contributed by atoms with van der Waals surface area (Å²) in [5.74, 6) is -0.153. The first kappa shape index (κ1) is 11.2. The molecule has 0 amide bonds. The zero-order valence-corrected chi connectivity index (χ0v) is 8.10. The maximum Gasteiger partial charge on any atom is 0.123 e. The molecule has 0 aliphatic carbocycles. The molecule has 0 nitrogen and oxygen atoms in total. The van der Waals surface area contributed by atoms with E-state index in [0.717, 1.165) is 12.8 Å². The number of benzene rings is 1. The molecule has 1 rings (SSSR count). The lowest BCUT2D eigenvalue weighted by Gasteiger charge is -1.95. The Morgan fingerprint density at radius 3 is 2.08 bits per heavy atom. The fourth-order valence-corrected chi connectivity index (χ4v) is 0.940. The molecule has 0 fully saturated rings. The van der Waals surface area contributed by atoms with E-state index >= 15 is 0 Å². The van der Waals surface area contributed by atoms with Crippen LogP contribution in [0.2, 0.25) is 0 Å². The first-order valence-corrected chi connectivity index (χ1v) is 4.57. The van der Waals surface area contributed by atoms with Gasteiger partial charge in [-0.05, 0) is 24.1 Å². The molecule has 0 N–H and O–H groups in total. The van der Waals surface area contributed by atoms with Crippen LogP contribution in [-0.2, 0) is 6.42 Å². The quantitative estimate of drug-likeness (QED) is 0.628. The minimum atomic E-state index is -0.153. The highest BCUT2D eigenvalue weighted by molar-refractivity contribution is 5.15. The molecule has 70 valence electrons. The van der Waals surface area contributed by atoms with E-state index in [9.17, 15) is 4.39 Å². The van der Waals surface area contributed by atoms with Gasteiger partial charge in [0.1, 0.15) is 5.82 Å². The lowest BCUT2D eigenvalue weighted by atomic mass is 10.1. The van der Waals surface area contributed by atoms with Crippen LogP contribution in [0.25, 0.3) is 0 Å². The Morgan fingerprint density at radius 1 is 1.17 bits per heavy atom. The minimum Gasteiger partial charge on any atom is -0.207 e. The van der Waals surface area contributed by atoms with Crippen LogP contribution in [0.5, 0.6) is 0 Å². The van der Waals surface area contributed by atoms with Gasteiger partial charge in [-0.25, -0.2) is 4.39 Å².